The normalized spacial score (nSPS) is 21.1. The molecule has 0 amide bonds. The molecule has 1 fully saturated rings. The number of hydrogen-bond donors (Lipinski definition) is 3. The summed E-state index contributed by atoms with van der Waals surface area (Å²) in [6.07, 6.45) is 0.520. The van der Waals surface area contributed by atoms with Crippen LogP contribution in [0.2, 0.25) is 0 Å². The van der Waals surface area contributed by atoms with E-state index >= 15 is 0 Å². The number of nitrogens with two attached hydrogens (primary N) is 1. The summed E-state index contributed by atoms with van der Waals surface area (Å²) >= 11 is 0. The summed E-state index contributed by atoms with van der Waals surface area (Å²) in [6, 6.07) is 4.68. The van der Waals surface area contributed by atoms with Gasteiger partial charge in [-0.3, -0.25) is 9.78 Å². The fraction of sp³-hybridized carbons (Fsp3) is 0.333. The molecule has 0 aliphatic carbocycles. The van der Waals surface area contributed by atoms with Crippen molar-refractivity contribution >= 4 is 32.4 Å². The highest BCUT2D eigenvalue weighted by molar-refractivity contribution is 7.91. The summed E-state index contributed by atoms with van der Waals surface area (Å²) in [5.41, 5.74) is 6.34. The minimum Gasteiger partial charge on any atom is -0.399 e. The zero-order valence-corrected chi connectivity index (χ0v) is 11.4. The number of aromatic amines is 1. The van der Waals surface area contributed by atoms with Gasteiger partial charge in [0.2, 0.25) is 5.95 Å². The molecular weight excluding hydrogens is 280 g/mol. The Morgan fingerprint density at radius 1 is 1.40 bits per heavy atom. The van der Waals surface area contributed by atoms with Gasteiger partial charge in [0, 0.05) is 11.7 Å². The standard InChI is InChI=1S/C12H14N4O3S/c13-7-1-2-10-9(5-7)11(17)16-12(15-10)14-8-3-4-20(18,19)6-8/h1-2,5,8H,3-4,6,13H2,(H2,14,15,16,17). The summed E-state index contributed by atoms with van der Waals surface area (Å²) in [4.78, 5) is 18.8. The van der Waals surface area contributed by atoms with Gasteiger partial charge in [0.25, 0.3) is 5.56 Å². The second-order valence-corrected chi connectivity index (χ2v) is 7.16. The molecule has 1 aliphatic rings. The Morgan fingerprint density at radius 3 is 2.90 bits per heavy atom. The molecule has 0 bridgehead atoms. The van der Waals surface area contributed by atoms with Crippen LogP contribution >= 0.6 is 0 Å². The van der Waals surface area contributed by atoms with Crippen molar-refractivity contribution in [3.8, 4) is 0 Å². The van der Waals surface area contributed by atoms with Crippen molar-refractivity contribution in [1.29, 1.82) is 0 Å². The molecule has 1 aliphatic heterocycles. The molecular formula is C12H14N4O3S. The minimum atomic E-state index is -2.97. The lowest BCUT2D eigenvalue weighted by Crippen LogP contribution is -2.24. The predicted octanol–water partition coefficient (Wildman–Crippen LogP) is 0.104. The molecule has 8 heteroatoms. The van der Waals surface area contributed by atoms with Gasteiger partial charge in [0.05, 0.1) is 22.4 Å². The number of nitrogen functional groups attached to an aromatic ring is 1. The number of anilines is 2. The van der Waals surface area contributed by atoms with Gasteiger partial charge in [-0.25, -0.2) is 13.4 Å². The summed E-state index contributed by atoms with van der Waals surface area (Å²) in [6.45, 7) is 0. The van der Waals surface area contributed by atoms with Crippen molar-refractivity contribution in [2.45, 2.75) is 12.5 Å². The molecule has 1 aromatic heterocycles. The van der Waals surface area contributed by atoms with Gasteiger partial charge < -0.3 is 11.1 Å². The number of rotatable bonds is 2. The highest BCUT2D eigenvalue weighted by atomic mass is 32.2. The van der Waals surface area contributed by atoms with Crippen LogP contribution in [0.3, 0.4) is 0 Å². The highest BCUT2D eigenvalue weighted by Crippen LogP contribution is 2.17. The van der Waals surface area contributed by atoms with Crippen LogP contribution in [-0.4, -0.2) is 35.9 Å². The minimum absolute atomic E-state index is 0.0660. The zero-order chi connectivity index (χ0) is 14.3. The Morgan fingerprint density at radius 2 is 2.20 bits per heavy atom. The number of sulfone groups is 1. The molecule has 3 rings (SSSR count). The molecule has 2 aromatic rings. The van der Waals surface area contributed by atoms with Crippen LogP contribution in [0.15, 0.2) is 23.0 Å². The molecule has 7 nitrogen and oxygen atoms in total. The lowest BCUT2D eigenvalue weighted by atomic mass is 10.2. The Balaban J connectivity index is 1.94. The van der Waals surface area contributed by atoms with Crippen LogP contribution in [0.25, 0.3) is 10.9 Å². The first-order chi connectivity index (χ1) is 9.43. The van der Waals surface area contributed by atoms with E-state index in [1.807, 2.05) is 0 Å². The quantitative estimate of drug-likeness (QED) is 0.676. The summed E-state index contributed by atoms with van der Waals surface area (Å²) < 4.78 is 22.8. The van der Waals surface area contributed by atoms with E-state index in [1.165, 1.54) is 0 Å². The van der Waals surface area contributed by atoms with Crippen LogP contribution < -0.4 is 16.6 Å². The van der Waals surface area contributed by atoms with Crippen LogP contribution in [-0.2, 0) is 9.84 Å². The third kappa shape index (κ3) is 2.46. The Labute approximate surface area is 115 Å². The number of fused-ring (bicyclic) bond motifs is 1. The lowest BCUT2D eigenvalue weighted by molar-refractivity contribution is 0.602. The van der Waals surface area contributed by atoms with Crippen LogP contribution in [0.4, 0.5) is 11.6 Å². The van der Waals surface area contributed by atoms with Gasteiger partial charge in [-0.1, -0.05) is 0 Å². The maximum Gasteiger partial charge on any atom is 0.260 e. The van der Waals surface area contributed by atoms with Crippen molar-refractivity contribution in [3.05, 3.63) is 28.6 Å². The van der Waals surface area contributed by atoms with Crippen LogP contribution in [0.5, 0.6) is 0 Å². The van der Waals surface area contributed by atoms with E-state index in [0.29, 0.717) is 23.0 Å². The van der Waals surface area contributed by atoms with Crippen LogP contribution in [0.1, 0.15) is 6.42 Å². The molecule has 0 spiro atoms. The fourth-order valence-electron chi connectivity index (χ4n) is 2.33. The predicted molar refractivity (Wildman–Crippen MR) is 77.5 cm³/mol. The van der Waals surface area contributed by atoms with Crippen molar-refractivity contribution in [3.63, 3.8) is 0 Å². The molecule has 4 N–H and O–H groups in total. The van der Waals surface area contributed by atoms with E-state index in [-0.39, 0.29) is 29.1 Å². The fourth-order valence-corrected chi connectivity index (χ4v) is 4.00. The van der Waals surface area contributed by atoms with Crippen LogP contribution in [0, 0.1) is 0 Å². The van der Waals surface area contributed by atoms with E-state index in [9.17, 15) is 13.2 Å². The Bertz CT molecular complexity index is 828. The average molecular weight is 294 g/mol. The molecule has 1 saturated heterocycles. The van der Waals surface area contributed by atoms with Gasteiger partial charge in [-0.05, 0) is 24.6 Å². The number of H-pyrrole nitrogens is 1. The van der Waals surface area contributed by atoms with Crippen molar-refractivity contribution in [2.75, 3.05) is 22.6 Å². The van der Waals surface area contributed by atoms with Gasteiger partial charge in [-0.15, -0.1) is 0 Å². The molecule has 1 unspecified atom stereocenters. The average Bonchev–Trinajstić information content (AvgIpc) is 2.70. The second-order valence-electron chi connectivity index (χ2n) is 4.94. The molecule has 20 heavy (non-hydrogen) atoms. The molecule has 106 valence electrons. The summed E-state index contributed by atoms with van der Waals surface area (Å²) in [5, 5.41) is 3.38. The molecule has 0 saturated carbocycles. The number of hydrogen-bond acceptors (Lipinski definition) is 6. The first kappa shape index (κ1) is 12.9. The van der Waals surface area contributed by atoms with E-state index in [0.717, 1.165) is 0 Å². The molecule has 1 aromatic carbocycles. The van der Waals surface area contributed by atoms with Crippen molar-refractivity contribution < 1.29 is 8.42 Å². The number of nitrogens with zero attached hydrogens (tertiary/aromatic N) is 1. The Kier molecular flexibility index (Phi) is 2.89. The molecule has 1 atom stereocenters. The molecule has 2 heterocycles. The number of aromatic nitrogens is 2. The van der Waals surface area contributed by atoms with Crippen molar-refractivity contribution in [2.24, 2.45) is 0 Å². The maximum absolute atomic E-state index is 11.9. The van der Waals surface area contributed by atoms with Crippen molar-refractivity contribution in [1.82, 2.24) is 9.97 Å². The van der Waals surface area contributed by atoms with Gasteiger partial charge >= 0.3 is 0 Å². The monoisotopic (exact) mass is 294 g/mol. The first-order valence-electron chi connectivity index (χ1n) is 6.19. The molecule has 0 radical (unpaired) electrons. The zero-order valence-electron chi connectivity index (χ0n) is 10.6. The third-order valence-corrected chi connectivity index (χ3v) is 5.07. The Hall–Kier alpha value is -2.09. The first-order valence-corrected chi connectivity index (χ1v) is 8.02. The van der Waals surface area contributed by atoms with Gasteiger partial charge in [-0.2, -0.15) is 0 Å². The topological polar surface area (TPSA) is 118 Å². The second kappa shape index (κ2) is 4.48. The SMILES string of the molecule is Nc1ccc2nc(NC3CCS(=O)(=O)C3)[nH]c(=O)c2c1. The summed E-state index contributed by atoms with van der Waals surface area (Å²) in [5.74, 6) is 0.518. The maximum atomic E-state index is 11.9. The lowest BCUT2D eigenvalue weighted by Gasteiger charge is -2.11. The number of benzene rings is 1. The van der Waals surface area contributed by atoms with E-state index in [4.69, 9.17) is 5.73 Å². The smallest absolute Gasteiger partial charge is 0.260 e. The number of nitrogens with one attached hydrogen (secondary N) is 2. The highest BCUT2D eigenvalue weighted by Gasteiger charge is 2.28. The van der Waals surface area contributed by atoms with Gasteiger partial charge in [0.1, 0.15) is 0 Å². The largest absolute Gasteiger partial charge is 0.399 e. The van der Waals surface area contributed by atoms with Gasteiger partial charge in [0.15, 0.2) is 9.84 Å². The summed E-state index contributed by atoms with van der Waals surface area (Å²) in [7, 11) is -2.97. The third-order valence-electron chi connectivity index (χ3n) is 3.30. The van der Waals surface area contributed by atoms with E-state index < -0.39 is 9.84 Å². The van der Waals surface area contributed by atoms with E-state index in [1.54, 1.807) is 18.2 Å². The van der Waals surface area contributed by atoms with E-state index in [2.05, 4.69) is 15.3 Å².